The third-order valence-electron chi connectivity index (χ3n) is 4.69. The molecule has 31 heavy (non-hydrogen) atoms. The first kappa shape index (κ1) is 24.1. The number of carbonyl (C=O) groups is 3. The fourth-order valence-electron chi connectivity index (χ4n) is 3.10. The Morgan fingerprint density at radius 2 is 2.16 bits per heavy atom. The van der Waals surface area contributed by atoms with Gasteiger partial charge in [-0.25, -0.2) is 19.0 Å². The average molecular weight is 440 g/mol. The molecule has 11 nitrogen and oxygen atoms in total. The summed E-state index contributed by atoms with van der Waals surface area (Å²) in [4.78, 5) is 37.9. The number of nitrogens with one attached hydrogen (secondary N) is 2. The highest BCUT2D eigenvalue weighted by Gasteiger charge is 2.34. The first-order chi connectivity index (χ1) is 14.8. The lowest BCUT2D eigenvalue weighted by molar-refractivity contribution is -0.119. The van der Waals surface area contributed by atoms with Gasteiger partial charge in [0, 0.05) is 20.0 Å². The first-order valence-electron chi connectivity index (χ1n) is 9.99. The van der Waals surface area contributed by atoms with Gasteiger partial charge >= 0.3 is 12.1 Å². The van der Waals surface area contributed by atoms with Crippen LogP contribution in [0.3, 0.4) is 0 Å². The number of aliphatic hydroxyl groups is 1. The van der Waals surface area contributed by atoms with E-state index in [1.165, 1.54) is 29.2 Å². The molecule has 0 aromatic heterocycles. The molecule has 0 aromatic rings. The Labute approximate surface area is 180 Å². The van der Waals surface area contributed by atoms with Crippen LogP contribution >= 0.6 is 0 Å². The van der Waals surface area contributed by atoms with Crippen LogP contribution in [0.15, 0.2) is 28.8 Å². The van der Waals surface area contributed by atoms with Crippen molar-refractivity contribution < 1.29 is 28.6 Å². The number of rotatable bonds is 8. The Morgan fingerprint density at radius 1 is 1.42 bits per heavy atom. The lowest BCUT2D eigenvalue weighted by atomic mass is 10.2. The van der Waals surface area contributed by atoms with Crippen LogP contribution in [0.4, 0.5) is 14.0 Å². The number of urea groups is 1. The molecule has 1 saturated heterocycles. The molecule has 172 valence electrons. The molecule has 2 unspecified atom stereocenters. The Kier molecular flexibility index (Phi) is 8.79. The Morgan fingerprint density at radius 3 is 2.74 bits per heavy atom. The highest BCUT2D eigenvalue weighted by Crippen LogP contribution is 2.22. The van der Waals surface area contributed by atoms with E-state index < -0.39 is 30.1 Å². The molecular formula is C19H29FN6O5. The molecule has 3 N–H and O–H groups in total. The maximum absolute atomic E-state index is 15.0. The number of ether oxygens (including phenoxy) is 1. The van der Waals surface area contributed by atoms with Gasteiger partial charge in [0.15, 0.2) is 0 Å². The van der Waals surface area contributed by atoms with Gasteiger partial charge in [-0.3, -0.25) is 9.69 Å². The fourth-order valence-corrected chi connectivity index (χ4v) is 3.10. The number of cyclic esters (lactones) is 1. The molecule has 2 aliphatic rings. The van der Waals surface area contributed by atoms with E-state index >= 15 is 0 Å². The molecular weight excluding hydrogens is 411 g/mol. The van der Waals surface area contributed by atoms with E-state index in [0.29, 0.717) is 6.54 Å². The van der Waals surface area contributed by atoms with Crippen molar-refractivity contribution in [3.05, 3.63) is 23.7 Å². The van der Waals surface area contributed by atoms with Crippen molar-refractivity contribution in [1.29, 1.82) is 0 Å². The Bertz CT molecular complexity index is 771. The number of hydrogen-bond acceptors (Lipinski definition) is 7. The van der Waals surface area contributed by atoms with E-state index in [1.807, 2.05) is 0 Å². The lowest BCUT2D eigenvalue weighted by Crippen LogP contribution is -2.45. The molecule has 0 spiro atoms. The molecule has 2 atom stereocenters. The summed E-state index contributed by atoms with van der Waals surface area (Å²) in [5, 5.41) is 19.1. The second-order valence-corrected chi connectivity index (χ2v) is 7.03. The van der Waals surface area contributed by atoms with Crippen LogP contribution in [-0.2, 0) is 9.53 Å². The summed E-state index contributed by atoms with van der Waals surface area (Å²) in [7, 11) is 0. The molecule has 0 saturated carbocycles. The van der Waals surface area contributed by atoms with Gasteiger partial charge in [-0.15, -0.1) is 0 Å². The zero-order valence-corrected chi connectivity index (χ0v) is 17.9. The van der Waals surface area contributed by atoms with Crippen molar-refractivity contribution in [3.8, 4) is 0 Å². The maximum Gasteiger partial charge on any atom is 0.410 e. The van der Waals surface area contributed by atoms with Crippen LogP contribution in [0.25, 0.3) is 0 Å². The minimum atomic E-state index is -0.577. The third-order valence-corrected chi connectivity index (χ3v) is 4.69. The van der Waals surface area contributed by atoms with Crippen LogP contribution in [0, 0.1) is 0 Å². The summed E-state index contributed by atoms with van der Waals surface area (Å²) < 4.78 is 20.2. The van der Waals surface area contributed by atoms with Gasteiger partial charge in [0.25, 0.3) is 0 Å². The molecule has 0 radical (unpaired) electrons. The second kappa shape index (κ2) is 11.3. The van der Waals surface area contributed by atoms with Gasteiger partial charge in [0.05, 0.1) is 38.0 Å². The second-order valence-electron chi connectivity index (χ2n) is 7.03. The number of allylic oxidation sites excluding steroid dienone is 2. The van der Waals surface area contributed by atoms with Crippen LogP contribution in [0.2, 0.25) is 0 Å². The fraction of sp³-hybridized carbons (Fsp3) is 0.579. The summed E-state index contributed by atoms with van der Waals surface area (Å²) in [6, 6.07) is -1.02. The van der Waals surface area contributed by atoms with Gasteiger partial charge in [-0.1, -0.05) is 6.08 Å². The van der Waals surface area contributed by atoms with Crippen molar-refractivity contribution in [2.45, 2.75) is 32.9 Å². The summed E-state index contributed by atoms with van der Waals surface area (Å²) in [5.74, 6) is -0.767. The van der Waals surface area contributed by atoms with Gasteiger partial charge in [-0.2, -0.15) is 5.10 Å². The SMILES string of the molecule is CC=C(C(F)=CC(C)N1CC(CNC(C)=O)OC1=O)N1C=NN(C(=O)NCCO)CC1. The smallest absolute Gasteiger partial charge is 0.410 e. The minimum absolute atomic E-state index is 0.120. The number of halogens is 1. The van der Waals surface area contributed by atoms with Crippen molar-refractivity contribution in [1.82, 2.24) is 25.4 Å². The number of hydrogen-bond donors (Lipinski definition) is 3. The standard InChI is InChI=1S/C19H29FN6O5/c1-4-17(24-6-7-26(23-12-24)18(29)21-5-8-27)16(20)9-13(2)25-11-15(31-19(25)30)10-22-14(3)28/h4,9,12-13,15,27H,5-8,10-11H2,1-3H3,(H,21,29)(H,22,28). The molecule has 4 amide bonds. The van der Waals surface area contributed by atoms with E-state index in [4.69, 9.17) is 9.84 Å². The summed E-state index contributed by atoms with van der Waals surface area (Å²) in [6.07, 6.45) is 3.18. The molecule has 2 aliphatic heterocycles. The quantitative estimate of drug-likeness (QED) is 0.468. The molecule has 12 heteroatoms. The molecule has 2 heterocycles. The topological polar surface area (TPSA) is 127 Å². The zero-order valence-electron chi connectivity index (χ0n) is 17.9. The predicted molar refractivity (Wildman–Crippen MR) is 110 cm³/mol. The lowest BCUT2D eigenvalue weighted by Gasteiger charge is -2.30. The first-order valence-corrected chi connectivity index (χ1v) is 9.99. The Hall–Kier alpha value is -3.15. The van der Waals surface area contributed by atoms with Crippen molar-refractivity contribution >= 4 is 24.4 Å². The normalized spacial score (nSPS) is 20.6. The minimum Gasteiger partial charge on any atom is -0.442 e. The van der Waals surface area contributed by atoms with Gasteiger partial charge in [0.2, 0.25) is 5.91 Å². The number of hydrazone groups is 1. The van der Waals surface area contributed by atoms with Gasteiger partial charge < -0.3 is 25.4 Å². The van der Waals surface area contributed by atoms with Crippen LogP contribution in [-0.4, -0.2) is 95.8 Å². The average Bonchev–Trinajstić information content (AvgIpc) is 3.12. The summed E-state index contributed by atoms with van der Waals surface area (Å²) in [6.45, 7) is 5.65. The molecule has 0 bridgehead atoms. The largest absolute Gasteiger partial charge is 0.442 e. The highest BCUT2D eigenvalue weighted by molar-refractivity contribution is 5.76. The number of amides is 4. The number of nitrogens with zero attached hydrogens (tertiary/aromatic N) is 4. The summed E-state index contributed by atoms with van der Waals surface area (Å²) >= 11 is 0. The van der Waals surface area contributed by atoms with E-state index in [1.54, 1.807) is 24.8 Å². The van der Waals surface area contributed by atoms with Crippen LogP contribution < -0.4 is 10.6 Å². The number of carbonyl (C=O) groups excluding carboxylic acids is 3. The maximum atomic E-state index is 15.0. The van der Waals surface area contributed by atoms with Gasteiger partial charge in [-0.05, 0) is 19.9 Å². The highest BCUT2D eigenvalue weighted by atomic mass is 19.1. The molecule has 0 aromatic carbocycles. The zero-order chi connectivity index (χ0) is 23.0. The van der Waals surface area contributed by atoms with Crippen LogP contribution in [0.5, 0.6) is 0 Å². The van der Waals surface area contributed by atoms with Crippen molar-refractivity contribution in [2.75, 3.05) is 39.3 Å². The third kappa shape index (κ3) is 6.67. The molecule has 1 fully saturated rings. The Balaban J connectivity index is 1.99. The molecule has 2 rings (SSSR count). The van der Waals surface area contributed by atoms with Crippen LogP contribution in [0.1, 0.15) is 20.8 Å². The summed E-state index contributed by atoms with van der Waals surface area (Å²) in [5.41, 5.74) is 0.258. The van der Waals surface area contributed by atoms with E-state index in [-0.39, 0.29) is 44.4 Å². The number of aliphatic hydroxyl groups excluding tert-OH is 1. The van der Waals surface area contributed by atoms with Crippen molar-refractivity contribution in [2.24, 2.45) is 5.10 Å². The van der Waals surface area contributed by atoms with Crippen molar-refractivity contribution in [3.63, 3.8) is 0 Å². The predicted octanol–water partition coefficient (Wildman–Crippen LogP) is 0.352. The molecule has 0 aliphatic carbocycles. The van der Waals surface area contributed by atoms with E-state index in [9.17, 15) is 18.8 Å². The van der Waals surface area contributed by atoms with Gasteiger partial charge in [0.1, 0.15) is 18.3 Å². The van der Waals surface area contributed by atoms with E-state index in [0.717, 1.165) is 0 Å². The monoisotopic (exact) mass is 440 g/mol. The van der Waals surface area contributed by atoms with E-state index in [2.05, 4.69) is 15.7 Å².